The number of amides is 1. The second-order valence-corrected chi connectivity index (χ2v) is 10.1. The fourth-order valence-corrected chi connectivity index (χ4v) is 4.62. The van der Waals surface area contributed by atoms with E-state index in [2.05, 4.69) is 15.5 Å². The van der Waals surface area contributed by atoms with Gasteiger partial charge < -0.3 is 20.6 Å². The van der Waals surface area contributed by atoms with Crippen molar-refractivity contribution >= 4 is 17.6 Å². The van der Waals surface area contributed by atoms with Crippen LogP contribution in [0.3, 0.4) is 0 Å². The van der Waals surface area contributed by atoms with Crippen molar-refractivity contribution in [1.82, 2.24) is 10.7 Å². The lowest BCUT2D eigenvalue weighted by Gasteiger charge is -2.21. The Hall–Kier alpha value is -4.86. The molecule has 224 valence electrons. The summed E-state index contributed by atoms with van der Waals surface area (Å²) in [5.41, 5.74) is 8.02. The minimum Gasteiger partial charge on any atom is -0.481 e. The first-order chi connectivity index (χ1) is 20.6. The topological polar surface area (TPSA) is 100 Å². The maximum Gasteiger partial charge on any atom is 0.573 e. The van der Waals surface area contributed by atoms with Crippen LogP contribution in [0.5, 0.6) is 5.75 Å². The highest BCUT2D eigenvalue weighted by Crippen LogP contribution is 2.31. The number of carbonyl (C=O) groups excluding carboxylic acids is 1. The number of carbonyl (C=O) groups is 2. The molecule has 0 aromatic heterocycles. The van der Waals surface area contributed by atoms with Gasteiger partial charge in [-0.05, 0) is 59.9 Å². The number of alkyl halides is 3. The Bertz CT molecular complexity index is 1500. The predicted octanol–water partition coefficient (Wildman–Crippen LogP) is 6.63. The largest absolute Gasteiger partial charge is 0.573 e. The van der Waals surface area contributed by atoms with E-state index >= 15 is 0 Å². The van der Waals surface area contributed by atoms with E-state index in [4.69, 9.17) is 10.2 Å². The maximum atomic E-state index is 12.6. The highest BCUT2D eigenvalue weighted by atomic mass is 19.4. The number of carboxylic acid groups (broad SMARTS) is 1. The van der Waals surface area contributed by atoms with Crippen molar-refractivity contribution in [3.63, 3.8) is 0 Å². The van der Waals surface area contributed by atoms with E-state index in [0.717, 1.165) is 28.0 Å². The number of carboxylic acids is 1. The molecule has 0 radical (unpaired) electrons. The van der Waals surface area contributed by atoms with Gasteiger partial charge in [0.05, 0.1) is 12.5 Å². The monoisotopic (exact) mass is 591 g/mol. The minimum absolute atomic E-state index is 0.0149. The van der Waals surface area contributed by atoms with Gasteiger partial charge in [0.15, 0.2) is 0 Å². The standard InChI is InChI=1S/C33H32F3N3O4/c1-22-6-3-2-4-9-30(39-38-22)29(20-23-10-12-25(13-11-23)32(42)37-19-18-31(40)41)27-8-5-7-26(21-27)24-14-16-28(17-15-24)43-33(34,35)36/h2-8,10-17,21-22,29,38H,9,18-20H2,1H3,(H,37,42)(H,40,41)/b4-2-,6-3-,39-30+. The lowest BCUT2D eigenvalue weighted by molar-refractivity contribution is -0.274. The molecule has 0 fully saturated rings. The molecule has 43 heavy (non-hydrogen) atoms. The summed E-state index contributed by atoms with van der Waals surface area (Å²) in [5.74, 6) is -1.78. The molecule has 0 saturated heterocycles. The van der Waals surface area contributed by atoms with E-state index in [1.807, 2.05) is 67.6 Å². The fraction of sp³-hybridized carbons (Fsp3) is 0.242. The smallest absolute Gasteiger partial charge is 0.481 e. The van der Waals surface area contributed by atoms with Crippen molar-refractivity contribution < 1.29 is 32.6 Å². The van der Waals surface area contributed by atoms with E-state index in [1.54, 1.807) is 24.3 Å². The lowest BCUT2D eigenvalue weighted by Crippen LogP contribution is -2.26. The third-order valence-corrected chi connectivity index (χ3v) is 6.78. The SMILES string of the molecule is CC1/C=C\C=C/C/C(C(Cc2ccc(C(=O)NCCC(=O)O)cc2)c2cccc(-c3ccc(OC(F)(F)F)cc3)c2)=N\N1. The molecule has 1 aliphatic heterocycles. The third-order valence-electron chi connectivity index (χ3n) is 6.78. The first-order valence-electron chi connectivity index (χ1n) is 13.8. The number of allylic oxidation sites excluding steroid dienone is 3. The minimum atomic E-state index is -4.76. The normalized spacial score (nSPS) is 18.4. The molecule has 2 atom stereocenters. The van der Waals surface area contributed by atoms with E-state index in [9.17, 15) is 22.8 Å². The van der Waals surface area contributed by atoms with Crippen molar-refractivity contribution in [3.8, 4) is 16.9 Å². The van der Waals surface area contributed by atoms with Crippen molar-refractivity contribution in [2.75, 3.05) is 6.54 Å². The zero-order chi connectivity index (χ0) is 30.8. The van der Waals surface area contributed by atoms with Crippen molar-refractivity contribution in [2.24, 2.45) is 5.10 Å². The summed E-state index contributed by atoms with van der Waals surface area (Å²) >= 11 is 0. The Labute approximate surface area is 247 Å². The highest BCUT2D eigenvalue weighted by Gasteiger charge is 2.31. The van der Waals surface area contributed by atoms with E-state index in [1.165, 1.54) is 12.1 Å². The number of hydrazone groups is 1. The average Bonchev–Trinajstić information content (AvgIpc) is 3.07. The Morgan fingerprint density at radius 2 is 1.79 bits per heavy atom. The van der Waals surface area contributed by atoms with Gasteiger partial charge in [0.2, 0.25) is 0 Å². The van der Waals surface area contributed by atoms with Crippen LogP contribution in [0.2, 0.25) is 0 Å². The van der Waals surface area contributed by atoms with Crippen LogP contribution < -0.4 is 15.5 Å². The first kappa shape index (κ1) is 31.1. The number of nitrogens with zero attached hydrogens (tertiary/aromatic N) is 1. The fourth-order valence-electron chi connectivity index (χ4n) is 4.62. The van der Waals surface area contributed by atoms with Crippen LogP contribution in [0.25, 0.3) is 11.1 Å². The van der Waals surface area contributed by atoms with Gasteiger partial charge >= 0.3 is 12.3 Å². The molecule has 1 heterocycles. The second-order valence-electron chi connectivity index (χ2n) is 10.1. The van der Waals surface area contributed by atoms with Crippen molar-refractivity contribution in [2.45, 2.75) is 44.5 Å². The molecule has 10 heteroatoms. The summed E-state index contributed by atoms with van der Waals surface area (Å²) in [5, 5.41) is 16.2. The number of ether oxygens (including phenoxy) is 1. The summed E-state index contributed by atoms with van der Waals surface area (Å²) in [6.07, 6.45) is 4.23. The van der Waals surface area contributed by atoms with E-state index < -0.39 is 12.3 Å². The number of benzene rings is 3. The summed E-state index contributed by atoms with van der Waals surface area (Å²) < 4.78 is 41.9. The quantitative estimate of drug-likeness (QED) is 0.246. The number of rotatable bonds is 10. The van der Waals surface area contributed by atoms with Gasteiger partial charge in [-0.1, -0.05) is 72.8 Å². The molecule has 0 bridgehead atoms. The molecule has 3 aromatic rings. The van der Waals surface area contributed by atoms with Gasteiger partial charge in [0, 0.05) is 30.2 Å². The molecule has 1 amide bonds. The molecule has 2 unspecified atom stereocenters. The Kier molecular flexibility index (Phi) is 10.4. The van der Waals surface area contributed by atoms with Crippen LogP contribution in [0, 0.1) is 0 Å². The van der Waals surface area contributed by atoms with Crippen molar-refractivity contribution in [1.29, 1.82) is 0 Å². The van der Waals surface area contributed by atoms with Crippen LogP contribution in [0.4, 0.5) is 13.2 Å². The molecule has 0 spiro atoms. The summed E-state index contributed by atoms with van der Waals surface area (Å²) in [7, 11) is 0. The van der Waals surface area contributed by atoms with Crippen molar-refractivity contribution in [3.05, 3.63) is 114 Å². The van der Waals surface area contributed by atoms with Crippen LogP contribution in [0.15, 0.2) is 102 Å². The predicted molar refractivity (Wildman–Crippen MR) is 159 cm³/mol. The van der Waals surface area contributed by atoms with Crippen LogP contribution >= 0.6 is 0 Å². The number of aliphatic carboxylic acids is 1. The zero-order valence-electron chi connectivity index (χ0n) is 23.5. The van der Waals surface area contributed by atoms with Gasteiger partial charge in [0.1, 0.15) is 5.75 Å². The van der Waals surface area contributed by atoms with Gasteiger partial charge in [0.25, 0.3) is 5.91 Å². The lowest BCUT2D eigenvalue weighted by atomic mass is 9.85. The van der Waals surface area contributed by atoms with Crippen LogP contribution in [-0.4, -0.2) is 41.6 Å². The highest BCUT2D eigenvalue weighted by molar-refractivity contribution is 5.94. The number of hydrogen-bond acceptors (Lipinski definition) is 5. The number of halogens is 3. The summed E-state index contributed by atoms with van der Waals surface area (Å²) in [6, 6.07) is 20.7. The molecule has 0 aliphatic carbocycles. The molecule has 1 aliphatic rings. The van der Waals surface area contributed by atoms with Crippen LogP contribution in [0.1, 0.15) is 47.2 Å². The maximum absolute atomic E-state index is 12.6. The van der Waals surface area contributed by atoms with Gasteiger partial charge in [-0.15, -0.1) is 13.2 Å². The Balaban J connectivity index is 1.62. The van der Waals surface area contributed by atoms with E-state index in [-0.39, 0.29) is 36.6 Å². The first-order valence-corrected chi connectivity index (χ1v) is 13.8. The zero-order valence-corrected chi connectivity index (χ0v) is 23.5. The Morgan fingerprint density at radius 1 is 1.05 bits per heavy atom. The molecular formula is C33H32F3N3O4. The molecular weight excluding hydrogens is 559 g/mol. The van der Waals surface area contributed by atoms with Gasteiger partial charge in [-0.2, -0.15) is 5.10 Å². The number of nitrogens with one attached hydrogen (secondary N) is 2. The number of hydrogen-bond donors (Lipinski definition) is 3. The van der Waals surface area contributed by atoms with Gasteiger partial charge in [-0.25, -0.2) is 0 Å². The molecule has 3 aromatic carbocycles. The Morgan fingerprint density at radius 3 is 2.49 bits per heavy atom. The average molecular weight is 592 g/mol. The molecule has 4 rings (SSSR count). The van der Waals surface area contributed by atoms with Crippen LogP contribution in [-0.2, 0) is 11.2 Å². The second kappa shape index (κ2) is 14.4. The molecule has 3 N–H and O–H groups in total. The van der Waals surface area contributed by atoms with E-state index in [0.29, 0.717) is 18.4 Å². The summed E-state index contributed by atoms with van der Waals surface area (Å²) in [4.78, 5) is 23.2. The molecule has 7 nitrogen and oxygen atoms in total. The van der Waals surface area contributed by atoms with Gasteiger partial charge in [-0.3, -0.25) is 9.59 Å². The molecule has 0 saturated carbocycles. The third kappa shape index (κ3) is 9.59. The summed E-state index contributed by atoms with van der Waals surface area (Å²) in [6.45, 7) is 2.04.